The molecule has 0 radical (unpaired) electrons. The Bertz CT molecular complexity index is 396. The molecule has 2 atom stereocenters. The van der Waals surface area contributed by atoms with E-state index in [9.17, 15) is 13.0 Å². The Hall–Kier alpha value is -0.810. The molecule has 5 heteroatoms. The Morgan fingerprint density at radius 3 is 2.65 bits per heavy atom. The second-order valence-electron chi connectivity index (χ2n) is 4.10. The Kier molecular flexibility index (Phi) is 5.71. The molecule has 1 aromatic rings. The number of hydrogen-bond donors (Lipinski definition) is 1. The van der Waals surface area contributed by atoms with Crippen molar-refractivity contribution >= 4 is 10.8 Å². The summed E-state index contributed by atoms with van der Waals surface area (Å²) in [5, 5.41) is 0. The number of rotatable bonds is 6. The summed E-state index contributed by atoms with van der Waals surface area (Å²) in [6.07, 6.45) is 2.46. The van der Waals surface area contributed by atoms with Gasteiger partial charge in [0.05, 0.1) is 15.7 Å². The van der Waals surface area contributed by atoms with Gasteiger partial charge in [-0.15, -0.1) is 0 Å². The molecule has 0 aliphatic rings. The van der Waals surface area contributed by atoms with Crippen LogP contribution in [0.25, 0.3) is 0 Å². The van der Waals surface area contributed by atoms with Crippen LogP contribution in [-0.4, -0.2) is 16.0 Å². The summed E-state index contributed by atoms with van der Waals surface area (Å²) in [7, 11) is -1.40. The van der Waals surface area contributed by atoms with Gasteiger partial charge in [0.2, 0.25) is 0 Å². The lowest BCUT2D eigenvalue weighted by Gasteiger charge is -2.05. The summed E-state index contributed by atoms with van der Waals surface area (Å²) in [5.41, 5.74) is 5.58. The van der Waals surface area contributed by atoms with Gasteiger partial charge in [-0.1, -0.05) is 6.42 Å². The maximum Gasteiger partial charge on any atom is 0.142 e. The first kappa shape index (κ1) is 14.3. The van der Waals surface area contributed by atoms with Crippen LogP contribution in [0.1, 0.15) is 26.2 Å². The van der Waals surface area contributed by atoms with Crippen LogP contribution >= 0.6 is 0 Å². The van der Waals surface area contributed by atoms with E-state index in [0.29, 0.717) is 5.75 Å². The highest BCUT2D eigenvalue weighted by Gasteiger charge is 2.10. The molecular formula is C12H17F2NOS. The van der Waals surface area contributed by atoms with E-state index in [1.807, 2.05) is 6.92 Å². The molecule has 0 amide bonds. The van der Waals surface area contributed by atoms with Crippen LogP contribution in [0.5, 0.6) is 0 Å². The van der Waals surface area contributed by atoms with Crippen LogP contribution in [-0.2, 0) is 10.8 Å². The van der Waals surface area contributed by atoms with Gasteiger partial charge in [-0.2, -0.15) is 0 Å². The molecule has 0 aliphatic heterocycles. The van der Waals surface area contributed by atoms with E-state index in [-0.39, 0.29) is 10.9 Å². The number of benzene rings is 1. The lowest BCUT2D eigenvalue weighted by atomic mass is 10.2. The fourth-order valence-electron chi connectivity index (χ4n) is 1.47. The normalized spacial score (nSPS) is 14.6. The summed E-state index contributed by atoms with van der Waals surface area (Å²) in [6.45, 7) is 1.91. The SMILES string of the molecule is CC(N)CCCCS(=O)c1ccc(F)cc1F. The minimum Gasteiger partial charge on any atom is -0.328 e. The third-order valence-electron chi connectivity index (χ3n) is 2.38. The molecule has 96 valence electrons. The van der Waals surface area contributed by atoms with Gasteiger partial charge < -0.3 is 5.73 Å². The number of halogens is 2. The zero-order chi connectivity index (χ0) is 12.8. The van der Waals surface area contributed by atoms with Crippen molar-refractivity contribution in [1.29, 1.82) is 0 Å². The average Bonchev–Trinajstić information content (AvgIpc) is 2.23. The molecule has 2 N–H and O–H groups in total. The monoisotopic (exact) mass is 261 g/mol. The lowest BCUT2D eigenvalue weighted by molar-refractivity contribution is 0.561. The van der Waals surface area contributed by atoms with E-state index in [4.69, 9.17) is 5.73 Å². The molecule has 0 fully saturated rings. The standard InChI is InChI=1S/C12H17F2NOS/c1-9(15)4-2-3-7-17(16)12-6-5-10(13)8-11(12)14/h5-6,8-9H,2-4,7,15H2,1H3. The van der Waals surface area contributed by atoms with Crippen molar-refractivity contribution in [2.75, 3.05) is 5.75 Å². The van der Waals surface area contributed by atoms with Gasteiger partial charge in [0, 0.05) is 17.9 Å². The lowest BCUT2D eigenvalue weighted by Crippen LogP contribution is -2.14. The zero-order valence-corrected chi connectivity index (χ0v) is 10.6. The van der Waals surface area contributed by atoms with Gasteiger partial charge in [-0.3, -0.25) is 4.21 Å². The van der Waals surface area contributed by atoms with E-state index < -0.39 is 22.4 Å². The number of unbranched alkanes of at least 4 members (excludes halogenated alkanes) is 1. The van der Waals surface area contributed by atoms with Crippen molar-refractivity contribution in [2.45, 2.75) is 37.1 Å². The van der Waals surface area contributed by atoms with Crippen LogP contribution in [0.15, 0.2) is 23.1 Å². The molecule has 1 aromatic carbocycles. The fourth-order valence-corrected chi connectivity index (χ4v) is 2.65. The van der Waals surface area contributed by atoms with Gasteiger partial charge in [-0.25, -0.2) is 8.78 Å². The van der Waals surface area contributed by atoms with Gasteiger partial charge in [0.15, 0.2) is 0 Å². The largest absolute Gasteiger partial charge is 0.328 e. The van der Waals surface area contributed by atoms with E-state index in [1.54, 1.807) is 0 Å². The number of nitrogens with two attached hydrogens (primary N) is 1. The van der Waals surface area contributed by atoms with E-state index in [0.717, 1.165) is 31.4 Å². The van der Waals surface area contributed by atoms with Gasteiger partial charge >= 0.3 is 0 Å². The smallest absolute Gasteiger partial charge is 0.142 e. The molecular weight excluding hydrogens is 244 g/mol. The van der Waals surface area contributed by atoms with Crippen LogP contribution < -0.4 is 5.73 Å². The second kappa shape index (κ2) is 6.81. The summed E-state index contributed by atoms with van der Waals surface area (Å²) in [4.78, 5) is 0.0761. The van der Waals surface area contributed by atoms with Crippen LogP contribution in [0.2, 0.25) is 0 Å². The van der Waals surface area contributed by atoms with Crippen molar-refractivity contribution in [3.05, 3.63) is 29.8 Å². The van der Waals surface area contributed by atoms with E-state index in [1.165, 1.54) is 6.07 Å². The van der Waals surface area contributed by atoms with E-state index in [2.05, 4.69) is 0 Å². The molecule has 0 spiro atoms. The summed E-state index contributed by atoms with van der Waals surface area (Å²) in [6, 6.07) is 3.26. The third kappa shape index (κ3) is 4.91. The zero-order valence-electron chi connectivity index (χ0n) is 9.79. The predicted molar refractivity (Wildman–Crippen MR) is 65.1 cm³/mol. The van der Waals surface area contributed by atoms with Crippen LogP contribution in [0.4, 0.5) is 8.78 Å². The Morgan fingerprint density at radius 1 is 1.35 bits per heavy atom. The Labute approximate surface area is 103 Å². The summed E-state index contributed by atoms with van der Waals surface area (Å²) in [5.74, 6) is -1.01. The minimum absolute atomic E-state index is 0.0761. The molecule has 2 nitrogen and oxygen atoms in total. The Morgan fingerprint density at radius 2 is 2.06 bits per heavy atom. The van der Waals surface area contributed by atoms with Crippen molar-refractivity contribution in [3.8, 4) is 0 Å². The molecule has 17 heavy (non-hydrogen) atoms. The quantitative estimate of drug-likeness (QED) is 0.800. The Balaban J connectivity index is 2.47. The molecule has 1 rings (SSSR count). The first-order valence-electron chi connectivity index (χ1n) is 5.59. The maximum absolute atomic E-state index is 13.3. The first-order chi connectivity index (χ1) is 8.00. The van der Waals surface area contributed by atoms with Crippen molar-refractivity contribution in [1.82, 2.24) is 0 Å². The average molecular weight is 261 g/mol. The minimum atomic E-state index is -1.40. The molecule has 0 saturated heterocycles. The summed E-state index contributed by atoms with van der Waals surface area (Å²) < 4.78 is 37.7. The first-order valence-corrected chi connectivity index (χ1v) is 6.91. The van der Waals surface area contributed by atoms with Crippen LogP contribution in [0, 0.1) is 11.6 Å². The molecule has 0 aromatic heterocycles. The molecule has 0 heterocycles. The molecule has 0 saturated carbocycles. The van der Waals surface area contributed by atoms with Crippen molar-refractivity contribution in [2.24, 2.45) is 5.73 Å². The molecule has 2 unspecified atom stereocenters. The van der Waals surface area contributed by atoms with Gasteiger partial charge in [0.1, 0.15) is 11.6 Å². The second-order valence-corrected chi connectivity index (χ2v) is 5.64. The van der Waals surface area contributed by atoms with E-state index >= 15 is 0 Å². The van der Waals surface area contributed by atoms with Crippen molar-refractivity contribution in [3.63, 3.8) is 0 Å². The predicted octanol–water partition coefficient (Wildman–Crippen LogP) is 2.59. The fraction of sp³-hybridized carbons (Fsp3) is 0.500. The maximum atomic E-state index is 13.3. The summed E-state index contributed by atoms with van der Waals surface area (Å²) >= 11 is 0. The topological polar surface area (TPSA) is 43.1 Å². The van der Waals surface area contributed by atoms with Gasteiger partial charge in [-0.05, 0) is 31.9 Å². The highest BCUT2D eigenvalue weighted by Crippen LogP contribution is 2.15. The highest BCUT2D eigenvalue weighted by molar-refractivity contribution is 7.85. The molecule has 0 aliphatic carbocycles. The van der Waals surface area contributed by atoms with Crippen molar-refractivity contribution < 1.29 is 13.0 Å². The van der Waals surface area contributed by atoms with Crippen LogP contribution in [0.3, 0.4) is 0 Å². The van der Waals surface area contributed by atoms with Gasteiger partial charge in [0.25, 0.3) is 0 Å². The number of hydrogen-bond acceptors (Lipinski definition) is 2. The third-order valence-corrected chi connectivity index (χ3v) is 3.86. The molecule has 0 bridgehead atoms. The highest BCUT2D eigenvalue weighted by atomic mass is 32.2.